The molecule has 2 aliphatic carbocycles. The Bertz CT molecular complexity index is 2030. The fraction of sp³-hybridized carbons (Fsp3) is 0.465. The maximum absolute atomic E-state index is 14.4. The number of aromatic nitrogens is 1. The first kappa shape index (κ1) is 39.3. The van der Waals surface area contributed by atoms with E-state index >= 15 is 0 Å². The van der Waals surface area contributed by atoms with Gasteiger partial charge in [-0.15, -0.1) is 0 Å². The van der Waals surface area contributed by atoms with E-state index in [0.717, 1.165) is 30.2 Å². The van der Waals surface area contributed by atoms with E-state index in [9.17, 15) is 24.3 Å². The molecular formula is C43H52N4O8. The Hall–Kier alpha value is -5.39. The predicted molar refractivity (Wildman–Crippen MR) is 209 cm³/mol. The van der Waals surface area contributed by atoms with Crippen molar-refractivity contribution in [2.45, 2.75) is 109 Å². The van der Waals surface area contributed by atoms with Gasteiger partial charge in [0.05, 0.1) is 24.9 Å². The van der Waals surface area contributed by atoms with Crippen LogP contribution < -0.4 is 20.1 Å². The smallest absolute Gasteiger partial charge is 0.408 e. The Labute approximate surface area is 322 Å². The molecule has 0 bridgehead atoms. The normalized spacial score (nSPS) is 21.4. The maximum Gasteiger partial charge on any atom is 0.408 e. The summed E-state index contributed by atoms with van der Waals surface area (Å²) in [5.74, 6) is -1.54. The molecule has 292 valence electrons. The lowest BCUT2D eigenvalue weighted by Crippen LogP contribution is -2.60. The number of carbonyl (C=O) groups excluding carboxylic acids is 3. The van der Waals surface area contributed by atoms with Gasteiger partial charge in [0, 0.05) is 42.3 Å². The number of nitrogens with zero attached hydrogens (tertiary/aromatic N) is 2. The Morgan fingerprint density at radius 3 is 2.45 bits per heavy atom. The van der Waals surface area contributed by atoms with Crippen molar-refractivity contribution in [2.24, 2.45) is 5.92 Å². The SMILES string of the molecule is C=CC1=CC[C@](NC(=O)[C@@H]2C[C@@H](Oc3cc(-c4ccc5c(c4)CCCC5)nc4cc(OC)ccc34)CN2C(=O)[C@@H](NC(=O)OC(C)(C)C)C(C)C)(C(=O)O)C1. The lowest BCUT2D eigenvalue weighted by atomic mass is 9.90. The highest BCUT2D eigenvalue weighted by Gasteiger charge is 2.49. The fourth-order valence-electron chi connectivity index (χ4n) is 7.71. The number of allylic oxidation sites excluding steroid dienone is 1. The number of benzene rings is 2. The van der Waals surface area contributed by atoms with Gasteiger partial charge < -0.3 is 34.9 Å². The largest absolute Gasteiger partial charge is 0.497 e. The highest BCUT2D eigenvalue weighted by atomic mass is 16.6. The average Bonchev–Trinajstić information content (AvgIpc) is 3.77. The first-order valence-corrected chi connectivity index (χ1v) is 19.0. The average molecular weight is 753 g/mol. The third-order valence-electron chi connectivity index (χ3n) is 10.6. The number of alkyl carbamates (subject to hydrolysis) is 1. The van der Waals surface area contributed by atoms with Crippen molar-refractivity contribution in [3.63, 3.8) is 0 Å². The van der Waals surface area contributed by atoms with Gasteiger partial charge in [-0.3, -0.25) is 9.59 Å². The highest BCUT2D eigenvalue weighted by Crippen LogP contribution is 2.37. The number of hydrogen-bond acceptors (Lipinski definition) is 8. The summed E-state index contributed by atoms with van der Waals surface area (Å²) in [5.41, 5.74) is 3.30. The summed E-state index contributed by atoms with van der Waals surface area (Å²) in [6, 6.07) is 11.7. The van der Waals surface area contributed by atoms with Gasteiger partial charge in [-0.1, -0.05) is 44.7 Å². The molecular weight excluding hydrogens is 700 g/mol. The molecule has 2 aromatic carbocycles. The Morgan fingerprint density at radius 2 is 1.80 bits per heavy atom. The molecule has 12 heteroatoms. The minimum Gasteiger partial charge on any atom is -0.497 e. The van der Waals surface area contributed by atoms with Gasteiger partial charge in [-0.25, -0.2) is 14.6 Å². The zero-order chi connectivity index (χ0) is 39.7. The van der Waals surface area contributed by atoms with Crippen LogP contribution in [0, 0.1) is 5.92 Å². The number of nitrogens with one attached hydrogen (secondary N) is 2. The van der Waals surface area contributed by atoms with Crippen molar-refractivity contribution in [3.8, 4) is 22.8 Å². The van der Waals surface area contributed by atoms with Crippen LogP contribution in [-0.2, 0) is 32.0 Å². The zero-order valence-corrected chi connectivity index (χ0v) is 32.6. The van der Waals surface area contributed by atoms with Gasteiger partial charge in [0.25, 0.3) is 0 Å². The third kappa shape index (κ3) is 8.63. The molecule has 3 amide bonds. The minimum absolute atomic E-state index is 0.000513. The van der Waals surface area contributed by atoms with Crippen LogP contribution in [0.2, 0.25) is 0 Å². The predicted octanol–water partition coefficient (Wildman–Crippen LogP) is 6.53. The molecule has 0 radical (unpaired) electrons. The van der Waals surface area contributed by atoms with Crippen LogP contribution in [0.25, 0.3) is 22.2 Å². The van der Waals surface area contributed by atoms with Crippen LogP contribution in [0.1, 0.15) is 77.8 Å². The molecule has 1 aromatic heterocycles. The number of pyridine rings is 1. The van der Waals surface area contributed by atoms with Crippen LogP contribution in [0.3, 0.4) is 0 Å². The maximum atomic E-state index is 14.4. The number of carboxylic acid groups (broad SMARTS) is 1. The first-order valence-electron chi connectivity index (χ1n) is 19.0. The van der Waals surface area contributed by atoms with Crippen LogP contribution in [0.5, 0.6) is 11.5 Å². The molecule has 4 atom stereocenters. The number of hydrogen-bond donors (Lipinski definition) is 3. The molecule has 0 saturated carbocycles. The standard InChI is InChI=1S/C43H52N4O8/c1-8-26-17-18-43(23-26,40(50)51)46-38(48)35-21-31(24-47(35)39(49)37(25(2)3)45-41(52)55-42(4,5)6)54-36-22-33(44-34-20-30(53-7)15-16-32(34)36)29-14-13-27-11-9-10-12-28(27)19-29/h8,13-17,19-20,22,25,31,35,37H,1,9-12,18,21,23-24H2,2-7H3,(H,45,52)(H,46,48)(H,50,51)/t31-,35+,37+,43-/m1/s1. The summed E-state index contributed by atoms with van der Waals surface area (Å²) in [6.45, 7) is 12.5. The third-order valence-corrected chi connectivity index (χ3v) is 10.6. The van der Waals surface area contributed by atoms with Crippen LogP contribution >= 0.6 is 0 Å². The molecule has 0 spiro atoms. The first-order chi connectivity index (χ1) is 26.1. The van der Waals surface area contributed by atoms with E-state index in [0.29, 0.717) is 28.3 Å². The second-order valence-corrected chi connectivity index (χ2v) is 16.2. The van der Waals surface area contributed by atoms with E-state index in [1.807, 2.05) is 24.3 Å². The summed E-state index contributed by atoms with van der Waals surface area (Å²) >= 11 is 0. The number of ether oxygens (including phenoxy) is 3. The summed E-state index contributed by atoms with van der Waals surface area (Å²) < 4.78 is 17.8. The van der Waals surface area contributed by atoms with Gasteiger partial charge >= 0.3 is 12.1 Å². The lowest BCUT2D eigenvalue weighted by molar-refractivity contribution is -0.149. The van der Waals surface area contributed by atoms with Crippen molar-refractivity contribution in [1.82, 2.24) is 20.5 Å². The molecule has 1 fully saturated rings. The quantitative estimate of drug-likeness (QED) is 0.198. The molecule has 1 saturated heterocycles. The lowest BCUT2D eigenvalue weighted by Gasteiger charge is -2.33. The molecule has 3 N–H and O–H groups in total. The number of methoxy groups -OCH3 is 1. The number of likely N-dealkylation sites (tertiary alicyclic amines) is 1. The second kappa shape index (κ2) is 15.8. The summed E-state index contributed by atoms with van der Waals surface area (Å²) in [5, 5.41) is 16.5. The molecule has 55 heavy (non-hydrogen) atoms. The van der Waals surface area contributed by atoms with E-state index in [1.165, 1.54) is 22.4 Å². The van der Waals surface area contributed by atoms with Crippen molar-refractivity contribution in [3.05, 3.63) is 77.9 Å². The number of carboxylic acids is 1. The van der Waals surface area contributed by atoms with E-state index in [1.54, 1.807) is 53.9 Å². The van der Waals surface area contributed by atoms with E-state index in [2.05, 4.69) is 35.4 Å². The fourth-order valence-corrected chi connectivity index (χ4v) is 7.71. The number of carbonyl (C=O) groups is 4. The number of aryl methyl sites for hydroxylation is 2. The molecule has 3 aliphatic rings. The number of fused-ring (bicyclic) bond motifs is 2. The van der Waals surface area contributed by atoms with Gasteiger partial charge in [0.15, 0.2) is 0 Å². The van der Waals surface area contributed by atoms with Gasteiger partial charge in [-0.2, -0.15) is 0 Å². The van der Waals surface area contributed by atoms with E-state index < -0.39 is 53.2 Å². The van der Waals surface area contributed by atoms with Gasteiger partial charge in [-0.05, 0) is 87.3 Å². The Morgan fingerprint density at radius 1 is 1.05 bits per heavy atom. The van der Waals surface area contributed by atoms with Crippen LogP contribution in [0.15, 0.2) is 66.8 Å². The summed E-state index contributed by atoms with van der Waals surface area (Å²) in [6.07, 6.45) is 6.47. The summed E-state index contributed by atoms with van der Waals surface area (Å²) in [4.78, 5) is 60.6. The van der Waals surface area contributed by atoms with Crippen molar-refractivity contribution < 1.29 is 38.5 Å². The molecule has 3 aromatic rings. The van der Waals surface area contributed by atoms with Crippen molar-refractivity contribution >= 4 is 34.8 Å². The molecule has 12 nitrogen and oxygen atoms in total. The van der Waals surface area contributed by atoms with Crippen molar-refractivity contribution in [2.75, 3.05) is 13.7 Å². The minimum atomic E-state index is -1.59. The van der Waals surface area contributed by atoms with Crippen LogP contribution in [-0.4, -0.2) is 81.8 Å². The van der Waals surface area contributed by atoms with E-state index in [4.69, 9.17) is 19.2 Å². The van der Waals surface area contributed by atoms with Gasteiger partial charge in [0.1, 0.15) is 40.8 Å². The molecule has 2 heterocycles. The topological polar surface area (TPSA) is 156 Å². The summed E-state index contributed by atoms with van der Waals surface area (Å²) in [7, 11) is 1.59. The number of amides is 3. The monoisotopic (exact) mass is 752 g/mol. The highest BCUT2D eigenvalue weighted by molar-refractivity contribution is 5.95. The number of aliphatic carboxylic acids is 1. The second-order valence-electron chi connectivity index (χ2n) is 16.2. The van der Waals surface area contributed by atoms with Crippen LogP contribution in [0.4, 0.5) is 4.79 Å². The zero-order valence-electron chi connectivity index (χ0n) is 32.6. The molecule has 1 aliphatic heterocycles. The number of rotatable bonds is 11. The van der Waals surface area contributed by atoms with E-state index in [-0.39, 0.29) is 31.7 Å². The van der Waals surface area contributed by atoms with Crippen molar-refractivity contribution in [1.29, 1.82) is 0 Å². The van der Waals surface area contributed by atoms with Gasteiger partial charge in [0.2, 0.25) is 11.8 Å². The molecule has 0 unspecified atom stereocenters. The Balaban J connectivity index is 1.35. The molecule has 6 rings (SSSR count). The Kier molecular flexibility index (Phi) is 11.3.